The first-order chi connectivity index (χ1) is 12.0. The van der Waals surface area contributed by atoms with Crippen LogP contribution in [0.3, 0.4) is 0 Å². The molecule has 0 radical (unpaired) electrons. The number of aromatic nitrogens is 1. The van der Waals surface area contributed by atoms with Gasteiger partial charge in [0.2, 0.25) is 5.91 Å². The van der Waals surface area contributed by atoms with Crippen LogP contribution < -0.4 is 5.32 Å². The first-order valence-electron chi connectivity index (χ1n) is 8.55. The van der Waals surface area contributed by atoms with Crippen molar-refractivity contribution in [3.8, 4) is 0 Å². The molecule has 5 nitrogen and oxygen atoms in total. The predicted molar refractivity (Wildman–Crippen MR) is 98.7 cm³/mol. The molecule has 4 rings (SSSR count). The third kappa shape index (κ3) is 3.62. The minimum Gasteiger partial charge on any atom is -0.302 e. The topological polar surface area (TPSA) is 76.1 Å². The fourth-order valence-electron chi connectivity index (χ4n) is 3.65. The number of nitrogens with one attached hydrogen (secondary N) is 1. The van der Waals surface area contributed by atoms with Gasteiger partial charge in [-0.05, 0) is 37.2 Å². The van der Waals surface area contributed by atoms with Crippen molar-refractivity contribution in [3.63, 3.8) is 0 Å². The Balaban J connectivity index is 1.45. The van der Waals surface area contributed by atoms with Crippen LogP contribution in [0, 0.1) is 5.92 Å². The summed E-state index contributed by atoms with van der Waals surface area (Å²) in [5.41, 5.74) is 2.43. The highest BCUT2D eigenvalue weighted by Crippen LogP contribution is 2.37. The normalized spacial score (nSPS) is 24.6. The Bertz CT molecular complexity index is 890. The quantitative estimate of drug-likeness (QED) is 0.894. The Morgan fingerprint density at radius 2 is 2.00 bits per heavy atom. The zero-order chi connectivity index (χ0) is 17.4. The van der Waals surface area contributed by atoms with E-state index in [0.29, 0.717) is 17.5 Å². The zero-order valence-electron chi connectivity index (χ0n) is 13.8. The van der Waals surface area contributed by atoms with Gasteiger partial charge in [-0.1, -0.05) is 30.3 Å². The summed E-state index contributed by atoms with van der Waals surface area (Å²) in [6, 6.07) is 10.5. The molecule has 1 fully saturated rings. The van der Waals surface area contributed by atoms with Gasteiger partial charge >= 0.3 is 0 Å². The van der Waals surface area contributed by atoms with Gasteiger partial charge in [0.05, 0.1) is 23.1 Å². The minimum absolute atomic E-state index is 0.0417. The van der Waals surface area contributed by atoms with Gasteiger partial charge in [0.1, 0.15) is 0 Å². The van der Waals surface area contributed by atoms with Crippen molar-refractivity contribution in [1.82, 2.24) is 4.98 Å². The number of aryl methyl sites for hydroxylation is 1. The van der Waals surface area contributed by atoms with Crippen molar-refractivity contribution in [1.29, 1.82) is 0 Å². The molecule has 0 saturated carbocycles. The number of carbonyl (C=O) groups excluding carboxylic acids is 1. The second-order valence-electron chi connectivity index (χ2n) is 6.83. The van der Waals surface area contributed by atoms with E-state index in [0.717, 1.165) is 25.0 Å². The smallest absolute Gasteiger partial charge is 0.230 e. The lowest BCUT2D eigenvalue weighted by Gasteiger charge is -2.21. The summed E-state index contributed by atoms with van der Waals surface area (Å²) in [5.74, 6) is -0.0921. The predicted octanol–water partition coefficient (Wildman–Crippen LogP) is 2.79. The zero-order valence-corrected chi connectivity index (χ0v) is 15.4. The Labute approximate surface area is 151 Å². The molecule has 132 valence electrons. The van der Waals surface area contributed by atoms with Crippen LogP contribution in [0.4, 0.5) is 5.13 Å². The third-order valence-electron chi connectivity index (χ3n) is 5.04. The standard InChI is InChI=1S/C18H20N2O3S2/c21-17(14-8-9-25(22,23)11-14)20-18-19-15-7-6-13(10-16(15)24-18)12-4-2-1-3-5-12/h1-5,13-14H,6-11H2,(H,19,20,21). The van der Waals surface area contributed by atoms with Crippen LogP contribution >= 0.6 is 11.3 Å². The molecule has 25 heavy (non-hydrogen) atoms. The number of thiazole rings is 1. The van der Waals surface area contributed by atoms with Crippen molar-refractivity contribution in [3.05, 3.63) is 46.5 Å². The SMILES string of the molecule is O=C(Nc1nc2c(s1)CC(c1ccccc1)CC2)C1CCS(=O)(=O)C1. The average Bonchev–Trinajstić information content (AvgIpc) is 3.17. The molecule has 1 N–H and O–H groups in total. The molecule has 1 aromatic heterocycles. The highest BCUT2D eigenvalue weighted by atomic mass is 32.2. The molecule has 2 heterocycles. The van der Waals surface area contributed by atoms with Crippen LogP contribution in [0.15, 0.2) is 30.3 Å². The Morgan fingerprint density at radius 3 is 2.72 bits per heavy atom. The van der Waals surface area contributed by atoms with Gasteiger partial charge in [-0.15, -0.1) is 11.3 Å². The molecule has 1 amide bonds. The largest absolute Gasteiger partial charge is 0.302 e. The maximum Gasteiger partial charge on any atom is 0.230 e. The van der Waals surface area contributed by atoms with E-state index in [9.17, 15) is 13.2 Å². The van der Waals surface area contributed by atoms with E-state index in [2.05, 4.69) is 34.6 Å². The maximum atomic E-state index is 12.3. The van der Waals surface area contributed by atoms with Crippen molar-refractivity contribution >= 4 is 32.2 Å². The van der Waals surface area contributed by atoms with Crippen LogP contribution in [-0.4, -0.2) is 30.8 Å². The van der Waals surface area contributed by atoms with Crippen molar-refractivity contribution < 1.29 is 13.2 Å². The van der Waals surface area contributed by atoms with Gasteiger partial charge < -0.3 is 5.32 Å². The van der Waals surface area contributed by atoms with Gasteiger partial charge in [0.15, 0.2) is 15.0 Å². The summed E-state index contributed by atoms with van der Waals surface area (Å²) in [7, 11) is -3.05. The van der Waals surface area contributed by atoms with Gasteiger partial charge in [0.25, 0.3) is 0 Å². The summed E-state index contributed by atoms with van der Waals surface area (Å²) < 4.78 is 23.1. The van der Waals surface area contributed by atoms with Gasteiger partial charge in [-0.25, -0.2) is 13.4 Å². The molecular weight excluding hydrogens is 356 g/mol. The van der Waals surface area contributed by atoms with E-state index in [1.165, 1.54) is 21.8 Å². The third-order valence-corrected chi connectivity index (χ3v) is 7.85. The van der Waals surface area contributed by atoms with E-state index in [1.54, 1.807) is 0 Å². The number of fused-ring (bicyclic) bond motifs is 1. The fourth-order valence-corrected chi connectivity index (χ4v) is 6.48. The molecular formula is C18H20N2O3S2. The van der Waals surface area contributed by atoms with Crippen LogP contribution in [0.25, 0.3) is 0 Å². The molecule has 0 bridgehead atoms. The summed E-state index contributed by atoms with van der Waals surface area (Å²) in [6.45, 7) is 0. The number of anilines is 1. The van der Waals surface area contributed by atoms with E-state index < -0.39 is 15.8 Å². The molecule has 7 heteroatoms. The number of nitrogens with zero attached hydrogens (tertiary/aromatic N) is 1. The van der Waals surface area contributed by atoms with Crippen LogP contribution in [-0.2, 0) is 27.5 Å². The number of carbonyl (C=O) groups is 1. The van der Waals surface area contributed by atoms with Gasteiger partial charge in [-0.2, -0.15) is 0 Å². The molecule has 1 aliphatic carbocycles. The molecule has 2 unspecified atom stereocenters. The Hall–Kier alpha value is -1.73. The van der Waals surface area contributed by atoms with Crippen molar-refractivity contribution in [2.75, 3.05) is 16.8 Å². The summed E-state index contributed by atoms with van der Waals surface area (Å²) in [5, 5.41) is 3.44. The highest BCUT2D eigenvalue weighted by Gasteiger charge is 2.33. The second kappa shape index (κ2) is 6.53. The number of benzene rings is 1. The minimum atomic E-state index is -3.05. The molecule has 1 aliphatic heterocycles. The summed E-state index contributed by atoms with van der Waals surface area (Å²) in [4.78, 5) is 18.1. The molecule has 1 saturated heterocycles. The lowest BCUT2D eigenvalue weighted by atomic mass is 9.85. The average molecular weight is 377 g/mol. The van der Waals surface area contributed by atoms with Gasteiger partial charge in [0, 0.05) is 4.88 Å². The monoisotopic (exact) mass is 376 g/mol. The number of hydrogen-bond acceptors (Lipinski definition) is 5. The van der Waals surface area contributed by atoms with E-state index in [1.807, 2.05) is 6.07 Å². The molecule has 0 spiro atoms. The summed E-state index contributed by atoms with van der Waals surface area (Å²) >= 11 is 1.53. The molecule has 2 aliphatic rings. The molecule has 1 aromatic carbocycles. The lowest BCUT2D eigenvalue weighted by Crippen LogP contribution is -2.23. The summed E-state index contributed by atoms with van der Waals surface area (Å²) in [6.07, 6.45) is 3.34. The molecule has 2 atom stereocenters. The first-order valence-corrected chi connectivity index (χ1v) is 11.2. The van der Waals surface area contributed by atoms with Crippen molar-refractivity contribution in [2.24, 2.45) is 5.92 Å². The lowest BCUT2D eigenvalue weighted by molar-refractivity contribution is -0.119. The first kappa shape index (κ1) is 16.7. The second-order valence-corrected chi connectivity index (χ2v) is 10.1. The van der Waals surface area contributed by atoms with Crippen LogP contribution in [0.2, 0.25) is 0 Å². The van der Waals surface area contributed by atoms with E-state index in [-0.39, 0.29) is 17.4 Å². The number of amides is 1. The maximum absolute atomic E-state index is 12.3. The number of hydrogen-bond donors (Lipinski definition) is 1. The number of rotatable bonds is 3. The fraction of sp³-hybridized carbons (Fsp3) is 0.444. The molecule has 2 aromatic rings. The Morgan fingerprint density at radius 1 is 1.20 bits per heavy atom. The van der Waals surface area contributed by atoms with Crippen LogP contribution in [0.1, 0.15) is 34.9 Å². The van der Waals surface area contributed by atoms with Gasteiger partial charge in [-0.3, -0.25) is 4.79 Å². The van der Waals surface area contributed by atoms with Crippen molar-refractivity contribution in [2.45, 2.75) is 31.6 Å². The van der Waals surface area contributed by atoms with E-state index in [4.69, 9.17) is 0 Å². The number of sulfone groups is 1. The van der Waals surface area contributed by atoms with E-state index >= 15 is 0 Å². The van der Waals surface area contributed by atoms with Crippen LogP contribution in [0.5, 0.6) is 0 Å². The Kier molecular flexibility index (Phi) is 4.37. The highest BCUT2D eigenvalue weighted by molar-refractivity contribution is 7.91.